The number of esters is 1. The lowest BCUT2D eigenvalue weighted by atomic mass is 9.80. The molecule has 39 heavy (non-hydrogen) atoms. The van der Waals surface area contributed by atoms with Crippen LogP contribution in [0.4, 0.5) is 17.1 Å². The Hall–Kier alpha value is -4.11. The summed E-state index contributed by atoms with van der Waals surface area (Å²) >= 11 is 0. The predicted octanol–water partition coefficient (Wildman–Crippen LogP) is 9.84. The number of anilines is 3. The second-order valence-corrected chi connectivity index (χ2v) is 12.4. The van der Waals surface area contributed by atoms with Gasteiger partial charge in [0.1, 0.15) is 0 Å². The summed E-state index contributed by atoms with van der Waals surface area (Å²) in [5.74, 6) is -0.326. The highest BCUT2D eigenvalue weighted by Gasteiger charge is 2.23. The normalized spacial score (nSPS) is 12.1. The maximum Gasteiger partial charge on any atom is 0.337 e. The van der Waals surface area contributed by atoms with Gasteiger partial charge in [-0.2, -0.15) is 0 Å². The summed E-state index contributed by atoms with van der Waals surface area (Å²) < 4.78 is 4.93. The van der Waals surface area contributed by atoms with E-state index in [1.807, 2.05) is 18.2 Å². The highest BCUT2D eigenvalue weighted by Crippen LogP contribution is 2.41. The van der Waals surface area contributed by atoms with Gasteiger partial charge >= 0.3 is 5.97 Å². The van der Waals surface area contributed by atoms with Gasteiger partial charge in [-0.25, -0.2) is 4.79 Å². The molecule has 0 amide bonds. The van der Waals surface area contributed by atoms with E-state index in [-0.39, 0.29) is 16.8 Å². The molecular formula is C36H37NO2. The van der Waals surface area contributed by atoms with Crippen molar-refractivity contribution in [1.29, 1.82) is 0 Å². The van der Waals surface area contributed by atoms with Crippen LogP contribution in [0, 0.1) is 0 Å². The molecule has 0 saturated heterocycles. The number of carbonyl (C=O) groups excluding carboxylic acids is 1. The fourth-order valence-electron chi connectivity index (χ4n) is 4.99. The van der Waals surface area contributed by atoms with E-state index < -0.39 is 0 Å². The van der Waals surface area contributed by atoms with E-state index in [9.17, 15) is 4.79 Å². The molecule has 5 aromatic carbocycles. The zero-order chi connectivity index (χ0) is 27.9. The van der Waals surface area contributed by atoms with Crippen molar-refractivity contribution < 1.29 is 9.53 Å². The first kappa shape index (κ1) is 26.5. The van der Waals surface area contributed by atoms with Gasteiger partial charge in [-0.15, -0.1) is 0 Å². The summed E-state index contributed by atoms with van der Waals surface area (Å²) in [6.45, 7) is 13.6. The topological polar surface area (TPSA) is 29.5 Å². The largest absolute Gasteiger partial charge is 0.465 e. The Morgan fingerprint density at radius 1 is 0.564 bits per heavy atom. The zero-order valence-corrected chi connectivity index (χ0v) is 24.0. The lowest BCUT2D eigenvalue weighted by Gasteiger charge is -2.31. The molecule has 0 aliphatic carbocycles. The SMILES string of the molecule is COC(=O)c1ccc2cc(N(c3cc(C(C)(C)C)cc(C(C)(C)C)c3)c3ccc4ccccc4c3)ccc2c1. The molecule has 0 saturated carbocycles. The van der Waals surface area contributed by atoms with Crippen molar-refractivity contribution in [2.75, 3.05) is 12.0 Å². The molecule has 5 rings (SSSR count). The maximum atomic E-state index is 12.1. The maximum absolute atomic E-state index is 12.1. The van der Waals surface area contributed by atoms with Gasteiger partial charge in [0.05, 0.1) is 12.7 Å². The van der Waals surface area contributed by atoms with Crippen LogP contribution in [-0.4, -0.2) is 13.1 Å². The highest BCUT2D eigenvalue weighted by molar-refractivity contribution is 5.97. The molecule has 0 N–H and O–H groups in total. The number of ether oxygens (including phenoxy) is 1. The summed E-state index contributed by atoms with van der Waals surface area (Å²) in [5.41, 5.74) is 6.46. The second kappa shape index (κ2) is 9.89. The van der Waals surface area contributed by atoms with Crippen molar-refractivity contribution in [2.24, 2.45) is 0 Å². The number of methoxy groups -OCH3 is 1. The van der Waals surface area contributed by atoms with E-state index >= 15 is 0 Å². The third-order valence-corrected chi connectivity index (χ3v) is 7.40. The Bertz CT molecular complexity index is 1650. The van der Waals surface area contributed by atoms with Crippen LogP contribution in [0.2, 0.25) is 0 Å². The number of fused-ring (bicyclic) bond motifs is 2. The molecule has 0 aliphatic rings. The van der Waals surface area contributed by atoms with Gasteiger partial charge < -0.3 is 9.64 Å². The summed E-state index contributed by atoms with van der Waals surface area (Å²) in [6.07, 6.45) is 0. The van der Waals surface area contributed by atoms with E-state index in [4.69, 9.17) is 4.74 Å². The summed E-state index contributed by atoms with van der Waals surface area (Å²) in [7, 11) is 1.41. The average molecular weight is 516 g/mol. The van der Waals surface area contributed by atoms with Gasteiger partial charge in [-0.1, -0.05) is 90.1 Å². The molecule has 0 spiro atoms. The lowest BCUT2D eigenvalue weighted by molar-refractivity contribution is 0.0601. The predicted molar refractivity (Wildman–Crippen MR) is 165 cm³/mol. The minimum Gasteiger partial charge on any atom is -0.465 e. The number of hydrogen-bond acceptors (Lipinski definition) is 3. The summed E-state index contributed by atoms with van der Waals surface area (Å²) in [6, 6.07) is 34.3. The molecule has 0 atom stereocenters. The van der Waals surface area contributed by atoms with Crippen molar-refractivity contribution in [3.05, 3.63) is 114 Å². The van der Waals surface area contributed by atoms with Gasteiger partial charge in [-0.3, -0.25) is 0 Å². The van der Waals surface area contributed by atoms with Crippen molar-refractivity contribution in [3.63, 3.8) is 0 Å². The minimum absolute atomic E-state index is 0.00125. The van der Waals surface area contributed by atoms with Gasteiger partial charge in [0.25, 0.3) is 0 Å². The number of rotatable bonds is 4. The first-order valence-electron chi connectivity index (χ1n) is 13.5. The molecule has 3 heteroatoms. The standard InChI is InChI=1S/C36H37NO2/c1-35(2,3)29-21-30(36(4,5)6)23-33(22-29)37(31-16-14-24-10-8-9-11-25(24)19-31)32-17-15-26-18-28(34(38)39-7)13-12-27(26)20-32/h8-23H,1-7H3. The number of carbonyl (C=O) groups is 1. The Balaban J connectivity index is 1.75. The highest BCUT2D eigenvalue weighted by atomic mass is 16.5. The van der Waals surface area contributed by atoms with E-state index in [2.05, 4.69) is 125 Å². The second-order valence-electron chi connectivity index (χ2n) is 12.4. The fourth-order valence-corrected chi connectivity index (χ4v) is 4.99. The van der Waals surface area contributed by atoms with E-state index in [0.717, 1.165) is 27.8 Å². The van der Waals surface area contributed by atoms with E-state index in [1.54, 1.807) is 0 Å². The van der Waals surface area contributed by atoms with Crippen LogP contribution in [-0.2, 0) is 15.6 Å². The molecule has 0 radical (unpaired) electrons. The summed E-state index contributed by atoms with van der Waals surface area (Å²) in [5, 5.41) is 4.48. The molecule has 5 aromatic rings. The smallest absolute Gasteiger partial charge is 0.337 e. The monoisotopic (exact) mass is 515 g/mol. The third kappa shape index (κ3) is 5.40. The first-order chi connectivity index (χ1) is 18.4. The number of benzene rings is 5. The fraction of sp³-hybridized carbons (Fsp3) is 0.250. The molecule has 3 nitrogen and oxygen atoms in total. The van der Waals surface area contributed by atoms with E-state index in [1.165, 1.54) is 29.0 Å². The molecule has 198 valence electrons. The molecular weight excluding hydrogens is 478 g/mol. The van der Waals surface area contributed by atoms with Crippen LogP contribution >= 0.6 is 0 Å². The number of hydrogen-bond donors (Lipinski definition) is 0. The average Bonchev–Trinajstić information content (AvgIpc) is 2.91. The van der Waals surface area contributed by atoms with Gasteiger partial charge in [0.2, 0.25) is 0 Å². The Morgan fingerprint density at radius 3 is 1.62 bits per heavy atom. The van der Waals surface area contributed by atoms with Gasteiger partial charge in [-0.05, 0) is 92.0 Å². The third-order valence-electron chi connectivity index (χ3n) is 7.40. The van der Waals surface area contributed by atoms with E-state index in [0.29, 0.717) is 5.56 Å². The van der Waals surface area contributed by atoms with Crippen molar-refractivity contribution in [1.82, 2.24) is 0 Å². The van der Waals surface area contributed by atoms with Crippen LogP contribution < -0.4 is 4.90 Å². The van der Waals surface area contributed by atoms with Crippen LogP contribution in [0.25, 0.3) is 21.5 Å². The molecule has 0 aliphatic heterocycles. The van der Waals surface area contributed by atoms with Crippen LogP contribution in [0.1, 0.15) is 63.0 Å². The molecule has 0 aromatic heterocycles. The lowest BCUT2D eigenvalue weighted by Crippen LogP contribution is -2.19. The van der Waals surface area contributed by atoms with Gasteiger partial charge in [0, 0.05) is 17.1 Å². The molecule has 0 unspecified atom stereocenters. The minimum atomic E-state index is -0.326. The zero-order valence-electron chi connectivity index (χ0n) is 24.0. The van der Waals surface area contributed by atoms with Crippen molar-refractivity contribution in [3.8, 4) is 0 Å². The molecule has 0 fully saturated rings. The Labute approximate surface area is 232 Å². The van der Waals surface area contributed by atoms with Gasteiger partial charge in [0.15, 0.2) is 0 Å². The Morgan fingerprint density at radius 2 is 1.05 bits per heavy atom. The van der Waals surface area contributed by atoms with Crippen molar-refractivity contribution in [2.45, 2.75) is 52.4 Å². The quantitative estimate of drug-likeness (QED) is 0.223. The summed E-state index contributed by atoms with van der Waals surface area (Å²) in [4.78, 5) is 14.5. The number of nitrogens with zero attached hydrogens (tertiary/aromatic N) is 1. The molecule has 0 bridgehead atoms. The first-order valence-corrected chi connectivity index (χ1v) is 13.5. The van der Waals surface area contributed by atoms with Crippen molar-refractivity contribution >= 4 is 44.6 Å². The van der Waals surface area contributed by atoms with Crippen LogP contribution in [0.3, 0.4) is 0 Å². The van der Waals surface area contributed by atoms with Crippen LogP contribution in [0.15, 0.2) is 97.1 Å². The van der Waals surface area contributed by atoms with Crippen LogP contribution in [0.5, 0.6) is 0 Å². The molecule has 0 heterocycles. The Kier molecular flexibility index (Phi) is 6.72.